The van der Waals surface area contributed by atoms with Gasteiger partial charge in [0.05, 0.1) is 29.0 Å². The van der Waals surface area contributed by atoms with Gasteiger partial charge in [0.15, 0.2) is 0 Å². The van der Waals surface area contributed by atoms with E-state index in [2.05, 4.69) is 18.7 Å². The quantitative estimate of drug-likeness (QED) is 0.236. The van der Waals surface area contributed by atoms with Crippen molar-refractivity contribution in [1.29, 1.82) is 0 Å². The first kappa shape index (κ1) is 22.1. The van der Waals surface area contributed by atoms with Crippen molar-refractivity contribution in [3.63, 3.8) is 0 Å². The van der Waals surface area contributed by atoms with Crippen molar-refractivity contribution in [1.82, 2.24) is 0 Å². The molecule has 0 aromatic heterocycles. The molecule has 0 saturated carbocycles. The van der Waals surface area contributed by atoms with Crippen molar-refractivity contribution in [3.8, 4) is 11.1 Å². The lowest BCUT2D eigenvalue weighted by molar-refractivity contribution is -0.432. The largest absolute Gasteiger partial charge is 0.294 e. The van der Waals surface area contributed by atoms with Crippen LogP contribution in [0, 0.1) is 20.8 Å². The molecule has 12 heteroatoms. The number of rotatable bonds is 8. The fourth-order valence-corrected chi connectivity index (χ4v) is 4.28. The van der Waals surface area contributed by atoms with Crippen LogP contribution >= 0.6 is 24.1 Å². The van der Waals surface area contributed by atoms with Crippen molar-refractivity contribution in [3.05, 3.63) is 41.0 Å². The molecule has 2 rings (SSSR count). The van der Waals surface area contributed by atoms with Crippen molar-refractivity contribution in [2.24, 2.45) is 0 Å². The van der Waals surface area contributed by atoms with Gasteiger partial charge in [0.2, 0.25) is 0 Å². The summed E-state index contributed by atoms with van der Waals surface area (Å²) in [6, 6.07) is 6.43. The van der Waals surface area contributed by atoms with Crippen LogP contribution in [0.4, 0.5) is 0 Å². The Bertz CT molecular complexity index is 929. The van der Waals surface area contributed by atoms with Gasteiger partial charge in [0, 0.05) is 9.79 Å². The average molecular weight is 436 g/mol. The molecule has 27 heavy (non-hydrogen) atoms. The summed E-state index contributed by atoms with van der Waals surface area (Å²) in [7, 11) is -4.51. The third kappa shape index (κ3) is 5.42. The molecule has 0 unspecified atom stereocenters. The van der Waals surface area contributed by atoms with Gasteiger partial charge < -0.3 is 0 Å². The summed E-state index contributed by atoms with van der Waals surface area (Å²) < 4.78 is 41.9. The molecule has 0 fully saturated rings. The van der Waals surface area contributed by atoms with Crippen LogP contribution in [0.5, 0.6) is 0 Å². The van der Waals surface area contributed by atoms with E-state index in [9.17, 15) is 13.0 Å². The monoisotopic (exact) mass is 436 g/mol. The molecule has 3 N–H and O–H groups in total. The lowest BCUT2D eigenvalue weighted by Gasteiger charge is -2.14. The highest BCUT2D eigenvalue weighted by atomic mass is 32.2. The molecule has 0 saturated heterocycles. The Balaban J connectivity index is 2.65. The summed E-state index contributed by atoms with van der Waals surface area (Å²) in [6.07, 6.45) is 0. The molecule has 9 nitrogen and oxygen atoms in total. The van der Waals surface area contributed by atoms with E-state index in [4.69, 9.17) is 10.5 Å². The first-order chi connectivity index (χ1) is 12.7. The predicted octanol–water partition coefficient (Wildman–Crippen LogP) is 4.38. The van der Waals surface area contributed by atoms with Crippen LogP contribution in [0.2, 0.25) is 0 Å². The van der Waals surface area contributed by atoms with E-state index in [1.807, 2.05) is 19.9 Å². The van der Waals surface area contributed by atoms with Crippen molar-refractivity contribution in [2.75, 3.05) is 0 Å². The topological polar surface area (TPSA) is 132 Å². The molecular formula is C15H16O9S3. The second-order valence-electron chi connectivity index (χ2n) is 5.44. The van der Waals surface area contributed by atoms with E-state index in [1.54, 1.807) is 12.1 Å². The maximum atomic E-state index is 11.7. The van der Waals surface area contributed by atoms with Crippen LogP contribution in [0.3, 0.4) is 0 Å². The molecule has 0 aliphatic heterocycles. The summed E-state index contributed by atoms with van der Waals surface area (Å²) in [5, 5.41) is 23.9. The van der Waals surface area contributed by atoms with Gasteiger partial charge in [-0.15, -0.1) is 8.67 Å². The lowest BCUT2D eigenvalue weighted by atomic mass is 9.99. The van der Waals surface area contributed by atoms with E-state index < -0.39 is 10.1 Å². The summed E-state index contributed by atoms with van der Waals surface area (Å²) in [4.78, 5) is 0.611. The zero-order chi connectivity index (χ0) is 20.2. The number of hydrogen-bond acceptors (Lipinski definition) is 10. The fourth-order valence-electron chi connectivity index (χ4n) is 2.37. The third-order valence-corrected chi connectivity index (χ3v) is 6.30. The van der Waals surface area contributed by atoms with Crippen LogP contribution in [0.15, 0.2) is 39.0 Å². The smallest absolute Gasteiger partial charge is 0.282 e. The second-order valence-corrected chi connectivity index (χ2v) is 8.32. The van der Waals surface area contributed by atoms with Gasteiger partial charge in [0.25, 0.3) is 10.1 Å². The van der Waals surface area contributed by atoms with Crippen LogP contribution < -0.4 is 0 Å². The molecule has 0 heterocycles. The molecule has 0 bridgehead atoms. The Morgan fingerprint density at radius 1 is 0.815 bits per heavy atom. The van der Waals surface area contributed by atoms with E-state index in [-0.39, 0.29) is 10.5 Å². The van der Waals surface area contributed by atoms with Crippen LogP contribution in [0.1, 0.15) is 16.7 Å². The van der Waals surface area contributed by atoms with E-state index in [0.29, 0.717) is 33.0 Å². The summed E-state index contributed by atoms with van der Waals surface area (Å²) in [6.45, 7) is 5.16. The van der Waals surface area contributed by atoms with E-state index in [1.165, 1.54) is 13.0 Å². The fraction of sp³-hybridized carbons (Fsp3) is 0.200. The van der Waals surface area contributed by atoms with Crippen LogP contribution in [-0.2, 0) is 28.9 Å². The molecule has 0 aliphatic rings. The van der Waals surface area contributed by atoms with Gasteiger partial charge >= 0.3 is 0 Å². The maximum absolute atomic E-state index is 11.7. The molecule has 148 valence electrons. The molecule has 0 radical (unpaired) electrons. The summed E-state index contributed by atoms with van der Waals surface area (Å²) in [5.41, 5.74) is 3.02. The summed E-state index contributed by atoms with van der Waals surface area (Å²) in [5.74, 6) is 0. The SMILES string of the molecule is Cc1cc(-c2cc(SOOO)c(C)c(S(=O)(=O)O)c2)cc(SOOO)c1C. The molecule has 0 amide bonds. The summed E-state index contributed by atoms with van der Waals surface area (Å²) >= 11 is 1.36. The zero-order valence-corrected chi connectivity index (χ0v) is 16.8. The van der Waals surface area contributed by atoms with Gasteiger partial charge in [-0.3, -0.25) is 4.55 Å². The first-order valence-electron chi connectivity index (χ1n) is 7.22. The Morgan fingerprint density at radius 3 is 1.78 bits per heavy atom. The van der Waals surface area contributed by atoms with Crippen molar-refractivity contribution >= 4 is 34.2 Å². The van der Waals surface area contributed by atoms with Crippen molar-refractivity contribution in [2.45, 2.75) is 35.5 Å². The molecule has 2 aromatic carbocycles. The highest BCUT2D eigenvalue weighted by Crippen LogP contribution is 2.37. The Labute approximate surface area is 164 Å². The number of hydrogen-bond donors (Lipinski definition) is 3. The average Bonchev–Trinajstić information content (AvgIpc) is 2.61. The lowest BCUT2D eigenvalue weighted by Crippen LogP contribution is -2.03. The minimum absolute atomic E-state index is 0.221. The van der Waals surface area contributed by atoms with Gasteiger partial charge in [-0.05, 0) is 66.8 Å². The highest BCUT2D eigenvalue weighted by molar-refractivity contribution is 7.95. The van der Waals surface area contributed by atoms with Gasteiger partial charge in [-0.1, -0.05) is 16.1 Å². The Hall–Kier alpha value is -1.19. The number of aryl methyl sites for hydroxylation is 1. The second kappa shape index (κ2) is 9.34. The minimum Gasteiger partial charge on any atom is -0.282 e. The number of benzene rings is 2. The molecular weight excluding hydrogens is 420 g/mol. The minimum atomic E-state index is -4.51. The standard InChI is InChI=1S/C15H16O9S3/c1-8-4-11(5-13(9(8)2)25-23-21-16)12-6-14(26-24-22-17)10(3)15(7-12)27(18,19)20/h4-7,16-17H,1-3H3,(H,18,19,20). The highest BCUT2D eigenvalue weighted by Gasteiger charge is 2.20. The van der Waals surface area contributed by atoms with E-state index >= 15 is 0 Å². The predicted molar refractivity (Wildman–Crippen MR) is 97.2 cm³/mol. The first-order valence-corrected chi connectivity index (χ1v) is 10.1. The molecule has 0 atom stereocenters. The zero-order valence-electron chi connectivity index (χ0n) is 14.3. The van der Waals surface area contributed by atoms with Gasteiger partial charge in [-0.25, -0.2) is 10.5 Å². The molecule has 0 aliphatic carbocycles. The van der Waals surface area contributed by atoms with Crippen molar-refractivity contribution < 1.29 is 42.2 Å². The van der Waals surface area contributed by atoms with Crippen LogP contribution in [-0.4, -0.2) is 23.5 Å². The Kier molecular flexibility index (Phi) is 7.64. The van der Waals surface area contributed by atoms with Gasteiger partial charge in [0.1, 0.15) is 0 Å². The maximum Gasteiger partial charge on any atom is 0.294 e. The normalized spacial score (nSPS) is 11.8. The van der Waals surface area contributed by atoms with E-state index in [0.717, 1.165) is 23.2 Å². The Morgan fingerprint density at radius 2 is 1.30 bits per heavy atom. The molecule has 0 spiro atoms. The van der Waals surface area contributed by atoms with Gasteiger partial charge in [-0.2, -0.15) is 8.42 Å². The molecule has 2 aromatic rings. The third-order valence-electron chi connectivity index (χ3n) is 3.85. The van der Waals surface area contributed by atoms with Crippen LogP contribution in [0.25, 0.3) is 11.1 Å².